The molecule has 0 aliphatic carbocycles. The summed E-state index contributed by atoms with van der Waals surface area (Å²) < 4.78 is 71.7. The van der Waals surface area contributed by atoms with Gasteiger partial charge in [-0.25, -0.2) is 8.42 Å². The minimum absolute atomic E-state index is 0.0182. The Bertz CT molecular complexity index is 1440. The highest BCUT2D eigenvalue weighted by Crippen LogP contribution is 2.31. The lowest BCUT2D eigenvalue weighted by atomic mass is 10.1. The number of carbonyl (C=O) groups excluding carboxylic acids is 1. The molecule has 1 N–H and O–H groups in total. The van der Waals surface area contributed by atoms with E-state index in [1.807, 2.05) is 0 Å². The van der Waals surface area contributed by atoms with Crippen LogP contribution in [0, 0.1) is 6.92 Å². The molecular weight excluding hydrogens is 459 g/mol. The molecule has 0 saturated carbocycles. The van der Waals surface area contributed by atoms with E-state index in [-0.39, 0.29) is 17.3 Å². The van der Waals surface area contributed by atoms with E-state index in [1.165, 1.54) is 24.4 Å². The molecule has 0 radical (unpaired) electrons. The van der Waals surface area contributed by atoms with Crippen LogP contribution in [0.15, 0.2) is 70.2 Å². The van der Waals surface area contributed by atoms with Crippen LogP contribution in [0.5, 0.6) is 0 Å². The number of anilines is 1. The molecule has 2 aromatic carbocycles. The maximum Gasteiger partial charge on any atom is 0.416 e. The van der Waals surface area contributed by atoms with Gasteiger partial charge in [0.1, 0.15) is 11.5 Å². The molecule has 7 nitrogen and oxygen atoms in total. The second-order valence-corrected chi connectivity index (χ2v) is 9.42. The zero-order valence-corrected chi connectivity index (χ0v) is 18.1. The molecule has 4 rings (SSSR count). The summed E-state index contributed by atoms with van der Waals surface area (Å²) in [5.74, 6) is -1.08. The first-order chi connectivity index (χ1) is 15.5. The fraction of sp³-hybridized carbons (Fsp3) is 0.182. The number of para-hydroxylation sites is 1. The van der Waals surface area contributed by atoms with Gasteiger partial charge < -0.3 is 14.4 Å². The lowest BCUT2D eigenvalue weighted by Gasteiger charge is -2.10. The summed E-state index contributed by atoms with van der Waals surface area (Å²) in [7, 11) is -4.07. The van der Waals surface area contributed by atoms with Crippen LogP contribution in [0.4, 0.5) is 19.0 Å². The van der Waals surface area contributed by atoms with Gasteiger partial charge in [0.2, 0.25) is 5.91 Å². The summed E-state index contributed by atoms with van der Waals surface area (Å²) in [6, 6.07) is 12.9. The minimum atomic E-state index is -4.49. The van der Waals surface area contributed by atoms with E-state index in [2.05, 4.69) is 10.5 Å². The van der Waals surface area contributed by atoms with Gasteiger partial charge >= 0.3 is 6.18 Å². The highest BCUT2D eigenvalue weighted by atomic mass is 32.2. The summed E-state index contributed by atoms with van der Waals surface area (Å²) in [6.07, 6.45) is -3.15. The Hall–Kier alpha value is -3.60. The number of rotatable bonds is 6. The number of nitrogens with zero attached hydrogens (tertiary/aromatic N) is 2. The number of hydrogen-bond acceptors (Lipinski definition) is 5. The number of hydrogen-bond donors (Lipinski definition) is 1. The van der Waals surface area contributed by atoms with E-state index in [0.29, 0.717) is 22.2 Å². The number of aromatic nitrogens is 2. The van der Waals surface area contributed by atoms with Crippen LogP contribution in [0.25, 0.3) is 10.9 Å². The van der Waals surface area contributed by atoms with Crippen LogP contribution >= 0.6 is 0 Å². The van der Waals surface area contributed by atoms with Crippen molar-refractivity contribution in [2.45, 2.75) is 24.5 Å². The van der Waals surface area contributed by atoms with Crippen molar-refractivity contribution < 1.29 is 30.9 Å². The van der Waals surface area contributed by atoms with E-state index in [0.717, 1.165) is 12.1 Å². The van der Waals surface area contributed by atoms with Crippen LogP contribution in [0.3, 0.4) is 0 Å². The summed E-state index contributed by atoms with van der Waals surface area (Å²) in [5, 5.41) is 6.34. The third-order valence-corrected chi connectivity index (χ3v) is 6.55. The van der Waals surface area contributed by atoms with Gasteiger partial charge in [0, 0.05) is 29.7 Å². The molecule has 1 amide bonds. The molecule has 0 aliphatic rings. The van der Waals surface area contributed by atoms with Crippen molar-refractivity contribution in [2.75, 3.05) is 11.1 Å². The standard InChI is InChI=1S/C22H18F3N3O4S/c1-14-9-20(27-32-14)26-21(29)13-33(30,31)19-12-28(18-8-3-2-7-17(18)19)11-15-5-4-6-16(10-15)22(23,24)25/h2-10,12H,11,13H2,1H3,(H,26,27,29). The molecule has 33 heavy (non-hydrogen) atoms. The topological polar surface area (TPSA) is 94.2 Å². The second-order valence-electron chi connectivity index (χ2n) is 7.47. The van der Waals surface area contributed by atoms with Gasteiger partial charge in [-0.2, -0.15) is 13.2 Å². The van der Waals surface area contributed by atoms with Gasteiger partial charge in [0.15, 0.2) is 15.7 Å². The van der Waals surface area contributed by atoms with E-state index in [4.69, 9.17) is 4.52 Å². The summed E-state index contributed by atoms with van der Waals surface area (Å²) in [6.45, 7) is 1.64. The summed E-state index contributed by atoms with van der Waals surface area (Å²) in [5.41, 5.74) is 0.0822. The number of benzene rings is 2. The molecule has 4 aromatic rings. The van der Waals surface area contributed by atoms with Crippen molar-refractivity contribution in [3.8, 4) is 0 Å². The molecule has 0 saturated heterocycles. The Morgan fingerprint density at radius 1 is 1.12 bits per heavy atom. The Balaban J connectivity index is 1.65. The Morgan fingerprint density at radius 2 is 1.88 bits per heavy atom. The molecule has 0 fully saturated rings. The largest absolute Gasteiger partial charge is 0.416 e. The first kappa shape index (κ1) is 22.6. The first-order valence-electron chi connectivity index (χ1n) is 9.73. The monoisotopic (exact) mass is 477 g/mol. The smallest absolute Gasteiger partial charge is 0.360 e. The Labute approximate surface area is 186 Å². The third kappa shape index (κ3) is 4.92. The Morgan fingerprint density at radius 3 is 2.58 bits per heavy atom. The van der Waals surface area contributed by atoms with Crippen molar-refractivity contribution in [3.63, 3.8) is 0 Å². The minimum Gasteiger partial charge on any atom is -0.360 e. The average molecular weight is 477 g/mol. The van der Waals surface area contributed by atoms with E-state index in [1.54, 1.807) is 35.8 Å². The number of alkyl halides is 3. The number of halogens is 3. The van der Waals surface area contributed by atoms with Gasteiger partial charge in [-0.15, -0.1) is 0 Å². The number of nitrogens with one attached hydrogen (secondary N) is 1. The van der Waals surface area contributed by atoms with Gasteiger partial charge in [-0.1, -0.05) is 35.5 Å². The first-order valence-corrected chi connectivity index (χ1v) is 11.4. The molecule has 0 atom stereocenters. The number of amides is 1. The number of carbonyl (C=O) groups is 1. The maximum atomic E-state index is 13.1. The predicted octanol–water partition coefficient (Wildman–Crippen LogP) is 4.42. The highest BCUT2D eigenvalue weighted by molar-refractivity contribution is 7.92. The van der Waals surface area contributed by atoms with Crippen LogP contribution in [-0.4, -0.2) is 29.8 Å². The van der Waals surface area contributed by atoms with Gasteiger partial charge in [-0.05, 0) is 30.7 Å². The van der Waals surface area contributed by atoms with Crippen molar-refractivity contribution in [2.24, 2.45) is 0 Å². The SMILES string of the molecule is Cc1cc(NC(=O)CS(=O)(=O)c2cn(Cc3cccc(C(F)(F)F)c3)c3ccccc23)no1. The lowest BCUT2D eigenvalue weighted by molar-refractivity contribution is -0.137. The van der Waals surface area contributed by atoms with Crippen molar-refractivity contribution >= 4 is 32.5 Å². The molecule has 0 spiro atoms. The third-order valence-electron chi connectivity index (χ3n) is 4.91. The summed E-state index contributed by atoms with van der Waals surface area (Å²) >= 11 is 0. The van der Waals surface area contributed by atoms with Crippen LogP contribution in [-0.2, 0) is 27.4 Å². The van der Waals surface area contributed by atoms with Gasteiger partial charge in [0.05, 0.1) is 10.5 Å². The number of sulfone groups is 1. The van der Waals surface area contributed by atoms with Crippen molar-refractivity contribution in [1.29, 1.82) is 0 Å². The fourth-order valence-electron chi connectivity index (χ4n) is 3.49. The van der Waals surface area contributed by atoms with Crippen molar-refractivity contribution in [3.05, 3.63) is 77.7 Å². The van der Waals surface area contributed by atoms with E-state index in [9.17, 15) is 26.4 Å². The molecule has 2 heterocycles. The molecule has 11 heteroatoms. The molecule has 0 unspecified atom stereocenters. The average Bonchev–Trinajstić information content (AvgIpc) is 3.31. The maximum absolute atomic E-state index is 13.1. The van der Waals surface area contributed by atoms with E-state index >= 15 is 0 Å². The normalized spacial score (nSPS) is 12.2. The molecule has 0 bridgehead atoms. The van der Waals surface area contributed by atoms with Crippen LogP contribution in [0.1, 0.15) is 16.9 Å². The zero-order valence-electron chi connectivity index (χ0n) is 17.3. The number of fused-ring (bicyclic) bond motifs is 1. The van der Waals surface area contributed by atoms with Crippen LogP contribution < -0.4 is 5.32 Å². The van der Waals surface area contributed by atoms with Crippen LogP contribution in [0.2, 0.25) is 0 Å². The Kier molecular flexibility index (Phi) is 5.75. The quantitative estimate of drug-likeness (QED) is 0.444. The number of aryl methyl sites for hydroxylation is 1. The van der Waals surface area contributed by atoms with E-state index < -0.39 is 33.2 Å². The fourth-order valence-corrected chi connectivity index (χ4v) is 4.86. The lowest BCUT2D eigenvalue weighted by Crippen LogP contribution is -2.23. The predicted molar refractivity (Wildman–Crippen MR) is 114 cm³/mol. The van der Waals surface area contributed by atoms with Crippen molar-refractivity contribution in [1.82, 2.24) is 9.72 Å². The molecule has 0 aliphatic heterocycles. The summed E-state index contributed by atoms with van der Waals surface area (Å²) in [4.78, 5) is 12.2. The van der Waals surface area contributed by atoms with Gasteiger partial charge in [-0.3, -0.25) is 4.79 Å². The molecule has 172 valence electrons. The zero-order chi connectivity index (χ0) is 23.8. The second kappa shape index (κ2) is 8.39. The molecular formula is C22H18F3N3O4S. The van der Waals surface area contributed by atoms with Gasteiger partial charge in [0.25, 0.3) is 0 Å². The highest BCUT2D eigenvalue weighted by Gasteiger charge is 2.30. The molecule has 2 aromatic heterocycles.